The van der Waals surface area contributed by atoms with Crippen molar-refractivity contribution in [1.82, 2.24) is 10.2 Å². The summed E-state index contributed by atoms with van der Waals surface area (Å²) >= 11 is 6.72. The molecule has 1 unspecified atom stereocenters. The van der Waals surface area contributed by atoms with Crippen molar-refractivity contribution in [2.75, 3.05) is 19.6 Å². The van der Waals surface area contributed by atoms with Crippen LogP contribution < -0.4 is 5.32 Å². The first-order chi connectivity index (χ1) is 7.16. The zero-order chi connectivity index (χ0) is 10.8. The van der Waals surface area contributed by atoms with Crippen LogP contribution in [0.15, 0.2) is 11.4 Å². The Morgan fingerprint density at radius 1 is 1.73 bits per heavy atom. The van der Waals surface area contributed by atoms with Crippen LogP contribution >= 0.6 is 23.6 Å². The van der Waals surface area contributed by atoms with E-state index >= 15 is 0 Å². The van der Waals surface area contributed by atoms with E-state index in [9.17, 15) is 5.11 Å². The van der Waals surface area contributed by atoms with Gasteiger partial charge < -0.3 is 15.3 Å². The number of nitrogens with one attached hydrogen (secondary N) is 1. The monoisotopic (exact) mass is 242 g/mol. The van der Waals surface area contributed by atoms with Gasteiger partial charge >= 0.3 is 0 Å². The van der Waals surface area contributed by atoms with Crippen LogP contribution in [0.5, 0.6) is 0 Å². The summed E-state index contributed by atoms with van der Waals surface area (Å²) in [6, 6.07) is 2.03. The number of hydrogen-bond acceptors (Lipinski definition) is 3. The van der Waals surface area contributed by atoms with E-state index in [0.717, 1.165) is 23.1 Å². The Hall–Kier alpha value is -0.650. The Labute approximate surface area is 98.7 Å². The number of β-amino-alcohol motifs (C(OH)–C–C–N with tert-alkyl or cyclic N) is 1. The quantitative estimate of drug-likeness (QED) is 0.783. The van der Waals surface area contributed by atoms with E-state index in [1.165, 1.54) is 5.56 Å². The Morgan fingerprint density at radius 3 is 3.07 bits per heavy atom. The molecule has 0 radical (unpaired) electrons. The third-order valence-electron chi connectivity index (χ3n) is 2.42. The molecule has 3 nitrogen and oxygen atoms in total. The molecule has 0 aromatic carbocycles. The van der Waals surface area contributed by atoms with E-state index in [-0.39, 0.29) is 0 Å². The zero-order valence-corrected chi connectivity index (χ0v) is 10.2. The molecule has 82 valence electrons. The van der Waals surface area contributed by atoms with Crippen molar-refractivity contribution in [3.63, 3.8) is 0 Å². The van der Waals surface area contributed by atoms with E-state index in [0.29, 0.717) is 6.54 Å². The first kappa shape index (κ1) is 10.9. The molecule has 0 aliphatic carbocycles. The number of thiocarbonyl (C=S) groups is 1. The Morgan fingerprint density at radius 2 is 2.53 bits per heavy atom. The molecule has 1 aromatic rings. The largest absolute Gasteiger partial charge is 0.386 e. The minimum absolute atomic E-state index is 0.429. The van der Waals surface area contributed by atoms with Crippen LogP contribution in [0.1, 0.15) is 16.5 Å². The summed E-state index contributed by atoms with van der Waals surface area (Å²) in [5, 5.41) is 15.9. The molecule has 2 heterocycles. The van der Waals surface area contributed by atoms with Crippen LogP contribution in [0.25, 0.3) is 0 Å². The number of aliphatic hydroxyl groups excluding tert-OH is 1. The molecule has 5 heteroatoms. The molecule has 2 N–H and O–H groups in total. The van der Waals surface area contributed by atoms with Crippen molar-refractivity contribution in [3.8, 4) is 0 Å². The highest BCUT2D eigenvalue weighted by Gasteiger charge is 2.20. The molecule has 0 spiro atoms. The molecular formula is C10H14N2OS2. The van der Waals surface area contributed by atoms with Gasteiger partial charge in [-0.25, -0.2) is 0 Å². The molecule has 0 bridgehead atoms. The maximum Gasteiger partial charge on any atom is 0.169 e. The van der Waals surface area contributed by atoms with Crippen molar-refractivity contribution >= 4 is 28.7 Å². The average molecular weight is 242 g/mol. The van der Waals surface area contributed by atoms with E-state index in [1.807, 2.05) is 17.9 Å². The predicted octanol–water partition coefficient (Wildman–Crippen LogP) is 1.28. The summed E-state index contributed by atoms with van der Waals surface area (Å²) in [7, 11) is 0. The molecule has 1 aliphatic rings. The molecule has 1 atom stereocenters. The highest BCUT2D eigenvalue weighted by Crippen LogP contribution is 2.22. The second kappa shape index (κ2) is 4.47. The van der Waals surface area contributed by atoms with Gasteiger partial charge in [-0.2, -0.15) is 0 Å². The summed E-state index contributed by atoms with van der Waals surface area (Å²) in [6.45, 7) is 4.40. The fourth-order valence-corrected chi connectivity index (χ4v) is 2.76. The molecular weight excluding hydrogens is 228 g/mol. The normalized spacial score (nSPS) is 18.0. The first-order valence-corrected chi connectivity index (χ1v) is 6.21. The smallest absolute Gasteiger partial charge is 0.169 e. The van der Waals surface area contributed by atoms with Crippen LogP contribution in [0.3, 0.4) is 0 Å². The topological polar surface area (TPSA) is 35.5 Å². The molecule has 0 amide bonds. The average Bonchev–Trinajstić information content (AvgIpc) is 2.77. The van der Waals surface area contributed by atoms with E-state index in [4.69, 9.17) is 12.2 Å². The number of aryl methyl sites for hydroxylation is 1. The van der Waals surface area contributed by atoms with Crippen LogP contribution in [0.2, 0.25) is 0 Å². The lowest BCUT2D eigenvalue weighted by Crippen LogP contribution is -2.31. The fourth-order valence-electron chi connectivity index (χ4n) is 1.61. The van der Waals surface area contributed by atoms with Gasteiger partial charge in [-0.05, 0) is 36.2 Å². The van der Waals surface area contributed by atoms with Gasteiger partial charge in [-0.15, -0.1) is 11.3 Å². The fraction of sp³-hybridized carbons (Fsp3) is 0.500. The Kier molecular flexibility index (Phi) is 3.23. The Balaban J connectivity index is 1.97. The van der Waals surface area contributed by atoms with Crippen LogP contribution in [-0.4, -0.2) is 34.8 Å². The predicted molar refractivity (Wildman–Crippen MR) is 66.2 cm³/mol. The summed E-state index contributed by atoms with van der Waals surface area (Å²) in [5.41, 5.74) is 1.20. The van der Waals surface area contributed by atoms with Crippen molar-refractivity contribution in [1.29, 1.82) is 0 Å². The second-order valence-corrected chi connectivity index (χ2v) is 5.05. The Bertz CT molecular complexity index is 364. The van der Waals surface area contributed by atoms with E-state index < -0.39 is 6.10 Å². The van der Waals surface area contributed by atoms with Crippen LogP contribution in [-0.2, 0) is 0 Å². The van der Waals surface area contributed by atoms with Gasteiger partial charge in [0.25, 0.3) is 0 Å². The summed E-state index contributed by atoms with van der Waals surface area (Å²) < 4.78 is 0. The number of nitrogens with zero attached hydrogens (tertiary/aromatic N) is 1. The lowest BCUT2D eigenvalue weighted by atomic mass is 10.2. The zero-order valence-electron chi connectivity index (χ0n) is 8.56. The molecule has 1 aliphatic heterocycles. The molecule has 1 fully saturated rings. The minimum Gasteiger partial charge on any atom is -0.386 e. The van der Waals surface area contributed by atoms with Crippen molar-refractivity contribution < 1.29 is 5.11 Å². The van der Waals surface area contributed by atoms with E-state index in [2.05, 4.69) is 10.7 Å². The van der Waals surface area contributed by atoms with Crippen LogP contribution in [0, 0.1) is 6.92 Å². The molecule has 0 saturated carbocycles. The van der Waals surface area contributed by atoms with Gasteiger partial charge in [-0.3, -0.25) is 0 Å². The van der Waals surface area contributed by atoms with Crippen molar-refractivity contribution in [2.45, 2.75) is 13.0 Å². The SMILES string of the molecule is Cc1csc(C(O)CN2CCNC2=S)c1. The van der Waals surface area contributed by atoms with Crippen molar-refractivity contribution in [2.24, 2.45) is 0 Å². The maximum atomic E-state index is 9.99. The molecule has 1 saturated heterocycles. The van der Waals surface area contributed by atoms with Gasteiger partial charge in [0.1, 0.15) is 6.10 Å². The van der Waals surface area contributed by atoms with Crippen molar-refractivity contribution in [3.05, 3.63) is 21.9 Å². The first-order valence-electron chi connectivity index (χ1n) is 4.92. The van der Waals surface area contributed by atoms with Gasteiger partial charge in [0, 0.05) is 18.0 Å². The summed E-state index contributed by atoms with van der Waals surface area (Å²) in [6.07, 6.45) is -0.429. The number of thiophene rings is 1. The van der Waals surface area contributed by atoms with Crippen LogP contribution in [0.4, 0.5) is 0 Å². The molecule has 15 heavy (non-hydrogen) atoms. The number of hydrogen-bond donors (Lipinski definition) is 2. The van der Waals surface area contributed by atoms with E-state index in [1.54, 1.807) is 11.3 Å². The second-order valence-electron chi connectivity index (χ2n) is 3.72. The third-order valence-corrected chi connectivity index (χ3v) is 3.97. The summed E-state index contributed by atoms with van der Waals surface area (Å²) in [5.74, 6) is 0. The number of rotatable bonds is 3. The van der Waals surface area contributed by atoms with Gasteiger partial charge in [0.2, 0.25) is 0 Å². The third kappa shape index (κ3) is 2.48. The van der Waals surface area contributed by atoms with Gasteiger partial charge in [0.15, 0.2) is 5.11 Å². The lowest BCUT2D eigenvalue weighted by Gasteiger charge is -2.19. The summed E-state index contributed by atoms with van der Waals surface area (Å²) in [4.78, 5) is 3.02. The highest BCUT2D eigenvalue weighted by atomic mass is 32.1. The minimum atomic E-state index is -0.429. The standard InChI is InChI=1S/C10H14N2OS2/c1-7-4-9(15-6-7)8(13)5-12-3-2-11-10(12)14/h4,6,8,13H,2-3,5H2,1H3,(H,11,14). The molecule has 1 aromatic heterocycles. The molecule has 2 rings (SSSR count). The number of aliphatic hydroxyl groups is 1. The maximum absolute atomic E-state index is 9.99. The highest BCUT2D eigenvalue weighted by molar-refractivity contribution is 7.80. The van der Waals surface area contributed by atoms with Gasteiger partial charge in [0.05, 0.1) is 6.54 Å². The lowest BCUT2D eigenvalue weighted by molar-refractivity contribution is 0.152. The van der Waals surface area contributed by atoms with Gasteiger partial charge in [-0.1, -0.05) is 0 Å².